The van der Waals surface area contributed by atoms with Crippen LogP contribution in [-0.2, 0) is 10.0 Å². The van der Waals surface area contributed by atoms with E-state index in [1.54, 1.807) is 12.1 Å². The Hall–Kier alpha value is -1.29. The average Bonchev–Trinajstić information content (AvgIpc) is 2.65. The molecular formula is C11H11NO2S. The van der Waals surface area contributed by atoms with E-state index in [1.807, 2.05) is 12.1 Å². The van der Waals surface area contributed by atoms with Gasteiger partial charge in [-0.1, -0.05) is 18.2 Å². The van der Waals surface area contributed by atoms with Gasteiger partial charge in [-0.05, 0) is 36.5 Å². The summed E-state index contributed by atoms with van der Waals surface area (Å²) >= 11 is 0. The van der Waals surface area contributed by atoms with Crippen LogP contribution in [0.5, 0.6) is 0 Å². The third-order valence-corrected chi connectivity index (χ3v) is 4.43. The van der Waals surface area contributed by atoms with E-state index in [9.17, 15) is 8.42 Å². The minimum atomic E-state index is -3.30. The standard InChI is InChI=1S/C11H11NO2S/c13-15(14)11-7-2-1-4-9(11)8-5-3-6-10(8)12-15/h1-2,4,7,12H,3,5-6H2. The van der Waals surface area contributed by atoms with Crippen LogP contribution in [0.3, 0.4) is 0 Å². The van der Waals surface area contributed by atoms with Crippen molar-refractivity contribution in [3.63, 3.8) is 0 Å². The maximum atomic E-state index is 11.9. The molecule has 0 unspecified atom stereocenters. The van der Waals surface area contributed by atoms with E-state index in [4.69, 9.17) is 0 Å². The highest BCUT2D eigenvalue weighted by atomic mass is 32.2. The van der Waals surface area contributed by atoms with Crippen LogP contribution >= 0.6 is 0 Å². The summed E-state index contributed by atoms with van der Waals surface area (Å²) in [6, 6.07) is 7.22. The second-order valence-electron chi connectivity index (χ2n) is 3.91. The molecule has 1 aliphatic heterocycles. The molecule has 1 aromatic carbocycles. The highest BCUT2D eigenvalue weighted by Gasteiger charge is 2.30. The summed E-state index contributed by atoms with van der Waals surface area (Å²) in [5, 5.41) is 0. The zero-order valence-electron chi connectivity index (χ0n) is 8.16. The zero-order chi connectivity index (χ0) is 10.5. The third kappa shape index (κ3) is 1.21. The fraction of sp³-hybridized carbons (Fsp3) is 0.273. The minimum absolute atomic E-state index is 0.422. The first-order valence-corrected chi connectivity index (χ1v) is 6.51. The largest absolute Gasteiger partial charge is 0.283 e. The lowest BCUT2D eigenvalue weighted by atomic mass is 10.0. The third-order valence-electron chi connectivity index (χ3n) is 2.98. The molecule has 1 N–H and O–H groups in total. The van der Waals surface area contributed by atoms with Crippen molar-refractivity contribution in [1.82, 2.24) is 4.72 Å². The van der Waals surface area contributed by atoms with E-state index < -0.39 is 10.0 Å². The van der Waals surface area contributed by atoms with Crippen molar-refractivity contribution in [1.29, 1.82) is 0 Å². The van der Waals surface area contributed by atoms with Gasteiger partial charge in [0.1, 0.15) is 0 Å². The number of benzene rings is 1. The van der Waals surface area contributed by atoms with Gasteiger partial charge in [-0.15, -0.1) is 0 Å². The van der Waals surface area contributed by atoms with Crippen LogP contribution in [0.4, 0.5) is 0 Å². The van der Waals surface area contributed by atoms with E-state index in [0.29, 0.717) is 4.90 Å². The molecule has 0 saturated heterocycles. The maximum Gasteiger partial charge on any atom is 0.262 e. The highest BCUT2D eigenvalue weighted by Crippen LogP contribution is 2.39. The highest BCUT2D eigenvalue weighted by molar-refractivity contribution is 7.89. The summed E-state index contributed by atoms with van der Waals surface area (Å²) in [5.74, 6) is 0. The van der Waals surface area contributed by atoms with Crippen molar-refractivity contribution in [2.24, 2.45) is 0 Å². The predicted molar refractivity (Wildman–Crippen MR) is 57.5 cm³/mol. The first-order valence-electron chi connectivity index (χ1n) is 5.03. The SMILES string of the molecule is O=S1(=O)NC2=C(CCC2)c2ccccc21. The Morgan fingerprint density at radius 3 is 2.80 bits per heavy atom. The van der Waals surface area contributed by atoms with Crippen LogP contribution in [0.2, 0.25) is 0 Å². The van der Waals surface area contributed by atoms with Crippen molar-refractivity contribution in [2.45, 2.75) is 24.2 Å². The fourth-order valence-corrected chi connectivity index (χ4v) is 3.72. The molecule has 0 spiro atoms. The van der Waals surface area contributed by atoms with Crippen molar-refractivity contribution in [3.05, 3.63) is 35.5 Å². The molecule has 15 heavy (non-hydrogen) atoms. The molecule has 0 amide bonds. The Labute approximate surface area is 88.9 Å². The summed E-state index contributed by atoms with van der Waals surface area (Å²) < 4.78 is 26.4. The number of rotatable bonds is 0. The van der Waals surface area contributed by atoms with Gasteiger partial charge in [0.05, 0.1) is 4.90 Å². The van der Waals surface area contributed by atoms with Gasteiger partial charge in [0.25, 0.3) is 10.0 Å². The first-order chi connectivity index (χ1) is 7.18. The lowest BCUT2D eigenvalue weighted by molar-refractivity contribution is 0.586. The summed E-state index contributed by atoms with van der Waals surface area (Å²) in [6.07, 6.45) is 2.87. The molecule has 3 rings (SSSR count). The molecule has 0 radical (unpaired) electrons. The molecule has 0 bridgehead atoms. The second kappa shape index (κ2) is 2.85. The van der Waals surface area contributed by atoms with Crippen molar-refractivity contribution >= 4 is 15.6 Å². The Bertz CT molecular complexity index is 558. The average molecular weight is 221 g/mol. The number of hydrogen-bond acceptors (Lipinski definition) is 2. The molecule has 0 atom stereocenters. The van der Waals surface area contributed by atoms with Gasteiger partial charge in [0.2, 0.25) is 0 Å². The molecule has 1 heterocycles. The first kappa shape index (κ1) is 8.97. The number of sulfonamides is 1. The van der Waals surface area contributed by atoms with Gasteiger partial charge in [-0.25, -0.2) is 8.42 Å². The van der Waals surface area contributed by atoms with Crippen molar-refractivity contribution in [3.8, 4) is 0 Å². The van der Waals surface area contributed by atoms with Gasteiger partial charge in [-0.2, -0.15) is 0 Å². The Kier molecular flexibility index (Phi) is 1.71. The monoisotopic (exact) mass is 221 g/mol. The smallest absolute Gasteiger partial charge is 0.262 e. The molecular weight excluding hydrogens is 210 g/mol. The Balaban J connectivity index is 2.34. The molecule has 0 fully saturated rings. The number of hydrogen-bond donors (Lipinski definition) is 1. The van der Waals surface area contributed by atoms with E-state index in [2.05, 4.69) is 4.72 Å². The summed E-state index contributed by atoms with van der Waals surface area (Å²) in [6.45, 7) is 0. The lowest BCUT2D eigenvalue weighted by Gasteiger charge is -2.20. The van der Waals surface area contributed by atoms with Gasteiger partial charge in [0.15, 0.2) is 0 Å². The zero-order valence-corrected chi connectivity index (χ0v) is 8.97. The van der Waals surface area contributed by atoms with Crippen LogP contribution in [0.25, 0.3) is 5.57 Å². The van der Waals surface area contributed by atoms with E-state index in [0.717, 1.165) is 30.5 Å². The maximum absolute atomic E-state index is 11.9. The van der Waals surface area contributed by atoms with Gasteiger partial charge in [0, 0.05) is 5.70 Å². The number of nitrogens with one attached hydrogen (secondary N) is 1. The van der Waals surface area contributed by atoms with Gasteiger partial charge >= 0.3 is 0 Å². The van der Waals surface area contributed by atoms with Crippen molar-refractivity contribution in [2.75, 3.05) is 0 Å². The molecule has 0 saturated carbocycles. The van der Waals surface area contributed by atoms with Crippen LogP contribution in [0.1, 0.15) is 24.8 Å². The minimum Gasteiger partial charge on any atom is -0.283 e. The van der Waals surface area contributed by atoms with Gasteiger partial charge < -0.3 is 0 Å². The molecule has 3 nitrogen and oxygen atoms in total. The Morgan fingerprint density at radius 1 is 1.13 bits per heavy atom. The fourth-order valence-electron chi connectivity index (χ4n) is 2.32. The normalized spacial score (nSPS) is 21.9. The molecule has 1 aliphatic carbocycles. The predicted octanol–water partition coefficient (Wildman–Crippen LogP) is 1.87. The molecule has 1 aromatic rings. The van der Waals surface area contributed by atoms with Crippen LogP contribution < -0.4 is 4.72 Å². The molecule has 4 heteroatoms. The van der Waals surface area contributed by atoms with Crippen LogP contribution in [0, 0.1) is 0 Å². The van der Waals surface area contributed by atoms with Crippen LogP contribution in [0.15, 0.2) is 34.9 Å². The number of allylic oxidation sites excluding steroid dienone is 2. The topological polar surface area (TPSA) is 46.2 Å². The van der Waals surface area contributed by atoms with Crippen LogP contribution in [-0.4, -0.2) is 8.42 Å². The quantitative estimate of drug-likeness (QED) is 0.727. The second-order valence-corrected chi connectivity index (χ2v) is 5.56. The lowest BCUT2D eigenvalue weighted by Crippen LogP contribution is -2.27. The summed E-state index contributed by atoms with van der Waals surface area (Å²) in [4.78, 5) is 0.422. The Morgan fingerprint density at radius 2 is 1.93 bits per heavy atom. The van der Waals surface area contributed by atoms with Crippen molar-refractivity contribution < 1.29 is 8.42 Å². The summed E-state index contributed by atoms with van der Waals surface area (Å²) in [5.41, 5.74) is 2.97. The molecule has 2 aliphatic rings. The van der Waals surface area contributed by atoms with E-state index in [-0.39, 0.29) is 0 Å². The van der Waals surface area contributed by atoms with E-state index in [1.165, 1.54) is 5.57 Å². The molecule has 78 valence electrons. The molecule has 0 aromatic heterocycles. The van der Waals surface area contributed by atoms with E-state index >= 15 is 0 Å². The summed E-state index contributed by atoms with van der Waals surface area (Å²) in [7, 11) is -3.30. The van der Waals surface area contributed by atoms with Gasteiger partial charge in [-0.3, -0.25) is 4.72 Å². The number of fused-ring (bicyclic) bond motifs is 2.